The first-order valence-corrected chi connectivity index (χ1v) is 13.7. The minimum absolute atomic E-state index is 0.0208. The minimum atomic E-state index is -0.0208. The Morgan fingerprint density at radius 1 is 0.892 bits per heavy atom. The molecule has 0 aliphatic carbocycles. The van der Waals surface area contributed by atoms with Crippen molar-refractivity contribution < 1.29 is 9.53 Å². The molecule has 0 atom stereocenters. The number of fused-ring (bicyclic) bond motifs is 1. The van der Waals surface area contributed by atoms with E-state index >= 15 is 0 Å². The number of likely N-dealkylation sites (tertiary alicyclic amines) is 1. The molecule has 5 heteroatoms. The standard InChI is InChI=1S/C32H37N3O2/c1-2-3-9-22-37-28-16-14-27(15-17-28)33-31-29-12-7-8-13-30(29)35(32(31)36)24-34-20-18-26(19-21-34)23-25-10-5-4-6-11-25/h4-8,10-17,26H,2-3,9,18-24H2,1H3. The molecule has 37 heavy (non-hydrogen) atoms. The van der Waals surface area contributed by atoms with Crippen molar-refractivity contribution in [2.45, 2.75) is 45.4 Å². The average molecular weight is 496 g/mol. The van der Waals surface area contributed by atoms with Gasteiger partial charge in [-0.15, -0.1) is 0 Å². The van der Waals surface area contributed by atoms with Crippen LogP contribution in [0.4, 0.5) is 11.4 Å². The Bertz CT molecular complexity index is 1200. The number of piperidine rings is 1. The summed E-state index contributed by atoms with van der Waals surface area (Å²) in [6.07, 6.45) is 6.87. The van der Waals surface area contributed by atoms with Gasteiger partial charge in [0, 0.05) is 18.7 Å². The van der Waals surface area contributed by atoms with E-state index in [0.717, 1.165) is 68.1 Å². The van der Waals surface area contributed by atoms with E-state index in [0.29, 0.717) is 18.3 Å². The third-order valence-corrected chi connectivity index (χ3v) is 7.41. The number of hydrogen-bond donors (Lipinski definition) is 0. The highest BCUT2D eigenvalue weighted by atomic mass is 16.5. The lowest BCUT2D eigenvalue weighted by Gasteiger charge is -2.34. The van der Waals surface area contributed by atoms with Crippen LogP contribution in [0.5, 0.6) is 5.75 Å². The first kappa shape index (κ1) is 25.2. The molecule has 192 valence electrons. The molecule has 0 N–H and O–H groups in total. The van der Waals surface area contributed by atoms with Crippen molar-refractivity contribution >= 4 is 23.0 Å². The van der Waals surface area contributed by atoms with Crippen molar-refractivity contribution in [1.29, 1.82) is 0 Å². The monoisotopic (exact) mass is 495 g/mol. The molecule has 2 heterocycles. The molecule has 0 spiro atoms. The van der Waals surface area contributed by atoms with Crippen LogP contribution in [0, 0.1) is 5.92 Å². The van der Waals surface area contributed by atoms with Gasteiger partial charge in [-0.05, 0) is 67.5 Å². The normalized spacial score (nSPS) is 17.4. The molecule has 2 aliphatic heterocycles. The Morgan fingerprint density at radius 3 is 2.38 bits per heavy atom. The predicted molar refractivity (Wildman–Crippen MR) is 151 cm³/mol. The quantitative estimate of drug-likeness (QED) is 0.296. The number of amides is 1. The van der Waals surface area contributed by atoms with Crippen LogP contribution in [-0.2, 0) is 11.2 Å². The maximum Gasteiger partial charge on any atom is 0.278 e. The maximum atomic E-state index is 13.6. The van der Waals surface area contributed by atoms with Crippen molar-refractivity contribution in [3.05, 3.63) is 90.0 Å². The van der Waals surface area contributed by atoms with Crippen LogP contribution in [0.15, 0.2) is 83.9 Å². The number of carbonyl (C=O) groups excluding carboxylic acids is 1. The second-order valence-electron chi connectivity index (χ2n) is 10.2. The SMILES string of the molecule is CCCCCOc1ccc(N=C2C(=O)N(CN3CCC(Cc4ccccc4)CC3)c3ccccc32)cc1. The number of carbonyl (C=O) groups is 1. The highest BCUT2D eigenvalue weighted by Crippen LogP contribution is 2.32. The van der Waals surface area contributed by atoms with Gasteiger partial charge in [-0.2, -0.15) is 0 Å². The zero-order chi connectivity index (χ0) is 25.5. The van der Waals surface area contributed by atoms with Gasteiger partial charge in [0.2, 0.25) is 0 Å². The number of ether oxygens (including phenoxy) is 1. The Kier molecular flexibility index (Phi) is 8.32. The lowest BCUT2D eigenvalue weighted by Crippen LogP contribution is -2.44. The molecule has 2 aliphatic rings. The van der Waals surface area contributed by atoms with Crippen molar-refractivity contribution in [2.24, 2.45) is 10.9 Å². The molecule has 5 rings (SSSR count). The summed E-state index contributed by atoms with van der Waals surface area (Å²) in [7, 11) is 0. The summed E-state index contributed by atoms with van der Waals surface area (Å²) in [5.41, 5.74) is 4.57. The van der Waals surface area contributed by atoms with Crippen LogP contribution < -0.4 is 9.64 Å². The van der Waals surface area contributed by atoms with E-state index in [4.69, 9.17) is 9.73 Å². The van der Waals surface area contributed by atoms with Crippen LogP contribution in [0.2, 0.25) is 0 Å². The zero-order valence-corrected chi connectivity index (χ0v) is 21.8. The first-order valence-electron chi connectivity index (χ1n) is 13.7. The summed E-state index contributed by atoms with van der Waals surface area (Å²) in [5, 5.41) is 0. The first-order chi connectivity index (χ1) is 18.2. The molecule has 0 unspecified atom stereocenters. The smallest absolute Gasteiger partial charge is 0.278 e. The molecule has 1 amide bonds. The fourth-order valence-corrected chi connectivity index (χ4v) is 5.28. The van der Waals surface area contributed by atoms with Gasteiger partial charge in [-0.1, -0.05) is 68.3 Å². The summed E-state index contributed by atoms with van der Waals surface area (Å²) in [6, 6.07) is 26.5. The van der Waals surface area contributed by atoms with E-state index in [2.05, 4.69) is 42.2 Å². The zero-order valence-electron chi connectivity index (χ0n) is 21.8. The second-order valence-corrected chi connectivity index (χ2v) is 10.2. The van der Waals surface area contributed by atoms with Crippen LogP contribution in [-0.4, -0.2) is 42.9 Å². The van der Waals surface area contributed by atoms with Gasteiger partial charge in [0.25, 0.3) is 5.91 Å². The highest BCUT2D eigenvalue weighted by molar-refractivity contribution is 6.54. The molecular formula is C32H37N3O2. The van der Waals surface area contributed by atoms with Gasteiger partial charge in [-0.25, -0.2) is 4.99 Å². The molecule has 3 aromatic rings. The maximum absolute atomic E-state index is 13.6. The van der Waals surface area contributed by atoms with Crippen molar-refractivity contribution in [1.82, 2.24) is 4.90 Å². The lowest BCUT2D eigenvalue weighted by atomic mass is 9.90. The number of benzene rings is 3. The molecule has 0 saturated carbocycles. The number of para-hydroxylation sites is 1. The van der Waals surface area contributed by atoms with Gasteiger partial charge >= 0.3 is 0 Å². The number of nitrogens with zero attached hydrogens (tertiary/aromatic N) is 3. The summed E-state index contributed by atoms with van der Waals surface area (Å²) in [4.78, 5) is 22.7. The van der Waals surface area contributed by atoms with Crippen LogP contribution in [0.1, 0.15) is 50.2 Å². The molecular weight excluding hydrogens is 458 g/mol. The molecule has 3 aromatic carbocycles. The Morgan fingerprint density at radius 2 is 1.62 bits per heavy atom. The Balaban J connectivity index is 1.23. The molecule has 1 fully saturated rings. The van der Waals surface area contributed by atoms with Crippen molar-refractivity contribution in [3.63, 3.8) is 0 Å². The predicted octanol–water partition coefficient (Wildman–Crippen LogP) is 6.64. The molecule has 0 bridgehead atoms. The summed E-state index contributed by atoms with van der Waals surface area (Å²) < 4.78 is 5.82. The van der Waals surface area contributed by atoms with Crippen LogP contribution in [0.25, 0.3) is 0 Å². The summed E-state index contributed by atoms with van der Waals surface area (Å²) in [6.45, 7) is 5.54. The van der Waals surface area contributed by atoms with Crippen LogP contribution in [0.3, 0.4) is 0 Å². The van der Waals surface area contributed by atoms with E-state index in [1.165, 1.54) is 18.4 Å². The fourth-order valence-electron chi connectivity index (χ4n) is 5.28. The number of rotatable bonds is 10. The molecule has 1 saturated heterocycles. The van der Waals surface area contributed by atoms with Gasteiger partial charge in [0.15, 0.2) is 0 Å². The lowest BCUT2D eigenvalue weighted by molar-refractivity contribution is -0.112. The van der Waals surface area contributed by atoms with Gasteiger partial charge in [0.05, 0.1) is 24.7 Å². The minimum Gasteiger partial charge on any atom is -0.494 e. The van der Waals surface area contributed by atoms with E-state index < -0.39 is 0 Å². The van der Waals surface area contributed by atoms with E-state index in [-0.39, 0.29) is 5.91 Å². The molecule has 0 aromatic heterocycles. The molecule has 5 nitrogen and oxygen atoms in total. The number of unbranched alkanes of at least 4 members (excludes halogenated alkanes) is 2. The largest absolute Gasteiger partial charge is 0.494 e. The summed E-state index contributed by atoms with van der Waals surface area (Å²) >= 11 is 0. The fraction of sp³-hybridized carbons (Fsp3) is 0.375. The van der Waals surface area contributed by atoms with E-state index in [1.54, 1.807) is 0 Å². The number of anilines is 1. The van der Waals surface area contributed by atoms with Gasteiger partial charge in [0.1, 0.15) is 11.5 Å². The van der Waals surface area contributed by atoms with Crippen molar-refractivity contribution in [3.8, 4) is 5.75 Å². The van der Waals surface area contributed by atoms with Gasteiger partial charge in [-0.3, -0.25) is 14.6 Å². The topological polar surface area (TPSA) is 45.1 Å². The number of aliphatic imine (C=N–C) groups is 1. The third-order valence-electron chi connectivity index (χ3n) is 7.41. The highest BCUT2D eigenvalue weighted by Gasteiger charge is 2.35. The van der Waals surface area contributed by atoms with E-state index in [9.17, 15) is 4.79 Å². The van der Waals surface area contributed by atoms with E-state index in [1.807, 2.05) is 53.4 Å². The number of hydrogen-bond acceptors (Lipinski definition) is 4. The second kappa shape index (κ2) is 12.2. The third kappa shape index (κ3) is 6.28. The van der Waals surface area contributed by atoms with Gasteiger partial charge < -0.3 is 4.74 Å². The molecule has 0 radical (unpaired) electrons. The van der Waals surface area contributed by atoms with Crippen molar-refractivity contribution in [2.75, 3.05) is 31.3 Å². The Hall–Kier alpha value is -3.44. The average Bonchev–Trinajstić information content (AvgIpc) is 3.19. The van der Waals surface area contributed by atoms with Crippen LogP contribution >= 0.6 is 0 Å². The summed E-state index contributed by atoms with van der Waals surface area (Å²) in [5.74, 6) is 1.53. The Labute approximate surface area is 220 Å².